The molecule has 0 aliphatic carbocycles. The summed E-state index contributed by atoms with van der Waals surface area (Å²) in [5.41, 5.74) is 2.53. The van der Waals surface area contributed by atoms with Gasteiger partial charge in [-0.2, -0.15) is 0 Å². The zero-order valence-corrected chi connectivity index (χ0v) is 13.0. The Labute approximate surface area is 127 Å². The topological polar surface area (TPSA) is 38.3 Å². The van der Waals surface area contributed by atoms with E-state index in [0.29, 0.717) is 12.2 Å². The van der Waals surface area contributed by atoms with Crippen LogP contribution in [0.5, 0.6) is 5.75 Å². The highest BCUT2D eigenvalue weighted by molar-refractivity contribution is 9.10. The smallest absolute Gasteiger partial charge is 0.252 e. The number of carbonyl (C=O) groups excluding carboxylic acids is 1. The molecule has 0 radical (unpaired) electrons. The van der Waals surface area contributed by atoms with Crippen LogP contribution in [0.1, 0.15) is 21.5 Å². The molecule has 2 aromatic rings. The molecule has 0 bridgehead atoms. The molecule has 0 aliphatic rings. The summed E-state index contributed by atoms with van der Waals surface area (Å²) in [6.45, 7) is 2.37. The van der Waals surface area contributed by atoms with E-state index in [0.717, 1.165) is 21.3 Å². The van der Waals surface area contributed by atoms with Crippen molar-refractivity contribution >= 4 is 21.8 Å². The third-order valence-corrected chi connectivity index (χ3v) is 3.72. The summed E-state index contributed by atoms with van der Waals surface area (Å²) >= 11 is 3.40. The second-order valence-corrected chi connectivity index (χ2v) is 5.25. The van der Waals surface area contributed by atoms with Crippen molar-refractivity contribution in [2.24, 2.45) is 0 Å². The molecule has 3 nitrogen and oxygen atoms in total. The molecule has 4 heteroatoms. The fourth-order valence-electron chi connectivity index (χ4n) is 1.95. The van der Waals surface area contributed by atoms with Crippen LogP contribution in [0.25, 0.3) is 0 Å². The van der Waals surface area contributed by atoms with Crippen molar-refractivity contribution in [2.45, 2.75) is 13.5 Å². The molecule has 0 unspecified atom stereocenters. The number of rotatable bonds is 4. The van der Waals surface area contributed by atoms with Gasteiger partial charge in [0.25, 0.3) is 5.91 Å². The molecule has 0 saturated heterocycles. The molecule has 1 N–H and O–H groups in total. The van der Waals surface area contributed by atoms with E-state index in [1.807, 2.05) is 49.4 Å². The fraction of sp³-hybridized carbons (Fsp3) is 0.188. The Bertz CT molecular complexity index is 611. The molecule has 0 aromatic heterocycles. The van der Waals surface area contributed by atoms with Crippen LogP contribution in [0.2, 0.25) is 0 Å². The van der Waals surface area contributed by atoms with Crippen molar-refractivity contribution in [3.8, 4) is 5.75 Å². The van der Waals surface area contributed by atoms with Gasteiger partial charge in [-0.1, -0.05) is 30.3 Å². The molecule has 0 aliphatic heterocycles. The Balaban J connectivity index is 2.23. The van der Waals surface area contributed by atoms with E-state index < -0.39 is 0 Å². The van der Waals surface area contributed by atoms with Gasteiger partial charge in [0.05, 0.1) is 5.56 Å². The molecule has 104 valence electrons. The second-order valence-electron chi connectivity index (χ2n) is 4.40. The zero-order valence-electron chi connectivity index (χ0n) is 11.4. The molecular formula is C16H16BrNO2. The second kappa shape index (κ2) is 6.57. The van der Waals surface area contributed by atoms with Gasteiger partial charge < -0.3 is 10.1 Å². The lowest BCUT2D eigenvalue weighted by atomic mass is 10.1. The number of ether oxygens (including phenoxy) is 1. The van der Waals surface area contributed by atoms with E-state index in [1.165, 1.54) is 0 Å². The SMILES string of the molecule is CNC(=O)c1c(Br)ccc(OCc2ccccc2)c1C. The van der Waals surface area contributed by atoms with E-state index in [2.05, 4.69) is 21.2 Å². The van der Waals surface area contributed by atoms with Gasteiger partial charge in [-0.3, -0.25) is 4.79 Å². The number of hydrogen-bond donors (Lipinski definition) is 1. The quantitative estimate of drug-likeness (QED) is 0.926. The standard InChI is InChI=1S/C16H16BrNO2/c1-11-14(20-10-12-6-4-3-5-7-12)9-8-13(17)15(11)16(19)18-2/h3-9H,10H2,1-2H3,(H,18,19). The van der Waals surface area contributed by atoms with Crippen molar-refractivity contribution in [3.05, 3.63) is 63.6 Å². The number of amides is 1. The van der Waals surface area contributed by atoms with Crippen LogP contribution in [0.4, 0.5) is 0 Å². The van der Waals surface area contributed by atoms with Crippen molar-refractivity contribution in [2.75, 3.05) is 7.05 Å². The van der Waals surface area contributed by atoms with Gasteiger partial charge in [-0.25, -0.2) is 0 Å². The van der Waals surface area contributed by atoms with Gasteiger partial charge in [-0.05, 0) is 40.5 Å². The Morgan fingerprint density at radius 3 is 2.55 bits per heavy atom. The molecule has 0 spiro atoms. The van der Waals surface area contributed by atoms with E-state index in [-0.39, 0.29) is 5.91 Å². The molecule has 1 amide bonds. The normalized spacial score (nSPS) is 10.2. The Kier molecular flexibility index (Phi) is 4.79. The summed E-state index contributed by atoms with van der Waals surface area (Å²) in [7, 11) is 1.62. The summed E-state index contributed by atoms with van der Waals surface area (Å²) in [5, 5.41) is 2.64. The van der Waals surface area contributed by atoms with E-state index >= 15 is 0 Å². The van der Waals surface area contributed by atoms with Gasteiger partial charge in [-0.15, -0.1) is 0 Å². The van der Waals surface area contributed by atoms with Gasteiger partial charge in [0, 0.05) is 17.1 Å². The molecule has 20 heavy (non-hydrogen) atoms. The minimum Gasteiger partial charge on any atom is -0.489 e. The van der Waals surface area contributed by atoms with Crippen molar-refractivity contribution in [1.29, 1.82) is 0 Å². The van der Waals surface area contributed by atoms with Crippen LogP contribution in [0.3, 0.4) is 0 Å². The lowest BCUT2D eigenvalue weighted by molar-refractivity contribution is 0.0961. The molecule has 2 rings (SSSR count). The zero-order chi connectivity index (χ0) is 14.5. The third kappa shape index (κ3) is 3.20. The van der Waals surface area contributed by atoms with Crippen molar-refractivity contribution in [3.63, 3.8) is 0 Å². The predicted octanol–water partition coefficient (Wildman–Crippen LogP) is 3.70. The van der Waals surface area contributed by atoms with Gasteiger partial charge in [0.1, 0.15) is 12.4 Å². The first-order valence-corrected chi connectivity index (χ1v) is 7.10. The Morgan fingerprint density at radius 2 is 1.90 bits per heavy atom. The van der Waals surface area contributed by atoms with Crippen LogP contribution in [0.15, 0.2) is 46.9 Å². The highest BCUT2D eigenvalue weighted by Gasteiger charge is 2.15. The minimum absolute atomic E-state index is 0.125. The van der Waals surface area contributed by atoms with Crippen LogP contribution >= 0.6 is 15.9 Å². The van der Waals surface area contributed by atoms with Crippen LogP contribution in [-0.4, -0.2) is 13.0 Å². The van der Waals surface area contributed by atoms with Gasteiger partial charge >= 0.3 is 0 Å². The van der Waals surface area contributed by atoms with Crippen molar-refractivity contribution in [1.82, 2.24) is 5.32 Å². The molecule has 0 heterocycles. The Hall–Kier alpha value is -1.81. The summed E-state index contributed by atoms with van der Waals surface area (Å²) in [5.74, 6) is 0.593. The highest BCUT2D eigenvalue weighted by atomic mass is 79.9. The summed E-state index contributed by atoms with van der Waals surface area (Å²) in [6, 6.07) is 13.6. The third-order valence-electron chi connectivity index (χ3n) is 3.06. The fourth-order valence-corrected chi connectivity index (χ4v) is 2.56. The summed E-state index contributed by atoms with van der Waals surface area (Å²) in [4.78, 5) is 11.9. The molecule has 2 aromatic carbocycles. The molecule has 0 saturated carbocycles. The van der Waals surface area contributed by atoms with E-state index in [1.54, 1.807) is 7.05 Å². The molecular weight excluding hydrogens is 318 g/mol. The first kappa shape index (κ1) is 14.6. The summed E-state index contributed by atoms with van der Waals surface area (Å²) in [6.07, 6.45) is 0. The number of halogens is 1. The van der Waals surface area contributed by atoms with Crippen LogP contribution in [0, 0.1) is 6.92 Å². The monoisotopic (exact) mass is 333 g/mol. The molecule has 0 atom stereocenters. The summed E-state index contributed by atoms with van der Waals surface area (Å²) < 4.78 is 6.58. The van der Waals surface area contributed by atoms with E-state index in [4.69, 9.17) is 4.74 Å². The number of nitrogens with one attached hydrogen (secondary N) is 1. The highest BCUT2D eigenvalue weighted by Crippen LogP contribution is 2.29. The number of carbonyl (C=O) groups is 1. The minimum atomic E-state index is -0.125. The first-order chi connectivity index (χ1) is 9.63. The first-order valence-electron chi connectivity index (χ1n) is 6.31. The van der Waals surface area contributed by atoms with Crippen LogP contribution in [-0.2, 0) is 6.61 Å². The Morgan fingerprint density at radius 1 is 1.20 bits per heavy atom. The van der Waals surface area contributed by atoms with Gasteiger partial charge in [0.15, 0.2) is 0 Å². The maximum atomic E-state index is 11.9. The van der Waals surface area contributed by atoms with E-state index in [9.17, 15) is 4.79 Å². The van der Waals surface area contributed by atoms with Crippen molar-refractivity contribution < 1.29 is 9.53 Å². The maximum absolute atomic E-state index is 11.9. The van der Waals surface area contributed by atoms with Crippen LogP contribution < -0.4 is 10.1 Å². The largest absolute Gasteiger partial charge is 0.489 e. The predicted molar refractivity (Wildman–Crippen MR) is 83.0 cm³/mol. The average Bonchev–Trinajstić information content (AvgIpc) is 2.47. The number of hydrogen-bond acceptors (Lipinski definition) is 2. The maximum Gasteiger partial charge on any atom is 0.252 e. The lowest BCUT2D eigenvalue weighted by Gasteiger charge is -2.13. The average molecular weight is 334 g/mol. The molecule has 0 fully saturated rings. The number of benzene rings is 2. The lowest BCUT2D eigenvalue weighted by Crippen LogP contribution is -2.20. The van der Waals surface area contributed by atoms with Gasteiger partial charge in [0.2, 0.25) is 0 Å².